The normalized spacial score (nSPS) is 13.7. The van der Waals surface area contributed by atoms with E-state index in [0.29, 0.717) is 19.3 Å². The van der Waals surface area contributed by atoms with Gasteiger partial charge in [-0.3, -0.25) is 0 Å². The first kappa shape index (κ1) is 20.5. The Morgan fingerprint density at radius 1 is 0.818 bits per heavy atom. The van der Waals surface area contributed by atoms with Gasteiger partial charge in [0.25, 0.3) is 0 Å². The molecule has 0 fully saturated rings. The third-order valence-corrected chi connectivity index (χ3v) is 18.0. The van der Waals surface area contributed by atoms with E-state index in [1.54, 1.807) is 0 Å². The van der Waals surface area contributed by atoms with E-state index in [1.165, 1.54) is 51.8 Å². The molecule has 2 nitrogen and oxygen atoms in total. The zero-order chi connectivity index (χ0) is 17.6. The average molecular weight is 420 g/mol. The average Bonchev–Trinajstić information content (AvgIpc) is 2.55. The molecule has 0 N–H and O–H groups in total. The zero-order valence-electron chi connectivity index (χ0n) is 16.7. The van der Waals surface area contributed by atoms with Crippen LogP contribution in [-0.4, -0.2) is 37.9 Å². The van der Waals surface area contributed by atoms with Crippen molar-refractivity contribution >= 4 is 18.4 Å². The third kappa shape index (κ3) is 10.3. The van der Waals surface area contributed by atoms with E-state index < -0.39 is 24.7 Å². The van der Waals surface area contributed by atoms with Crippen molar-refractivity contribution in [1.82, 2.24) is 0 Å². The molecule has 0 aromatic carbocycles. The molecule has 0 bridgehead atoms. The molecule has 0 saturated carbocycles. The molecule has 22 heavy (non-hydrogen) atoms. The maximum atomic E-state index is 8.56. The number of rotatable bonds is 15. The fraction of sp³-hybridized carbons (Fsp3) is 0.895. The summed E-state index contributed by atoms with van der Waals surface area (Å²) in [6, 6.07) is 0.604. The second-order valence-corrected chi connectivity index (χ2v) is 19.1. The van der Waals surface area contributed by atoms with E-state index in [2.05, 4.69) is 24.9 Å². The van der Waals surface area contributed by atoms with E-state index in [9.17, 15) is 0 Å². The van der Waals surface area contributed by atoms with Gasteiger partial charge < -0.3 is 0 Å². The summed E-state index contributed by atoms with van der Waals surface area (Å²) in [5, 5.41) is 0. The molecule has 0 saturated heterocycles. The molecule has 132 valence electrons. The van der Waals surface area contributed by atoms with Gasteiger partial charge in [-0.15, -0.1) is 0 Å². The molecule has 0 aromatic heterocycles. The van der Waals surface area contributed by atoms with Gasteiger partial charge in [0.15, 0.2) is 0 Å². The molecule has 0 radical (unpaired) electrons. The van der Waals surface area contributed by atoms with Crippen molar-refractivity contribution in [3.05, 3.63) is 10.1 Å². The van der Waals surface area contributed by atoms with E-state index in [-0.39, 0.29) is 0 Å². The summed E-state index contributed by atoms with van der Waals surface area (Å²) in [6.07, 6.45) is 7.30. The second kappa shape index (κ2) is 15.0. The molecule has 0 aliphatic rings. The van der Waals surface area contributed by atoms with E-state index in [4.69, 9.17) is 10.8 Å². The first-order chi connectivity index (χ1) is 11.1. The summed E-state index contributed by atoms with van der Waals surface area (Å²) >= 11 is -2.42. The van der Waals surface area contributed by atoms with Gasteiger partial charge in [0.2, 0.25) is 0 Å². The third-order valence-electron chi connectivity index (χ3n) is 4.25. The summed E-state index contributed by atoms with van der Waals surface area (Å²) in [4.78, 5) is 0. The predicted molar refractivity (Wildman–Crippen MR) is 101 cm³/mol. The monoisotopic (exact) mass is 421 g/mol. The van der Waals surface area contributed by atoms with Crippen molar-refractivity contribution < 1.29 is 10.8 Å². The van der Waals surface area contributed by atoms with Crippen LogP contribution in [0, 0.1) is 0 Å². The van der Waals surface area contributed by atoms with Gasteiger partial charge in [0.05, 0.1) is 0 Å². The molecule has 0 aliphatic heterocycles. The second-order valence-electron chi connectivity index (χ2n) is 6.23. The predicted octanol–water partition coefficient (Wildman–Crippen LogP) is 6.33. The Morgan fingerprint density at radius 2 is 1.23 bits per heavy atom. The van der Waals surface area contributed by atoms with Gasteiger partial charge in [-0.05, 0) is 0 Å². The molecule has 0 aliphatic carbocycles. The number of hydrogen-bond acceptors (Lipinski definition) is 2. The molecular formula is C19H40O2Sn. The molecule has 0 heterocycles. The fourth-order valence-electron chi connectivity index (χ4n) is 2.87. The Balaban J connectivity index is 5.33. The van der Waals surface area contributed by atoms with Gasteiger partial charge in [0, 0.05) is 0 Å². The van der Waals surface area contributed by atoms with Crippen LogP contribution in [0.5, 0.6) is 0 Å². The van der Waals surface area contributed by atoms with Crippen LogP contribution in [0.1, 0.15) is 74.5 Å². The Bertz CT molecular complexity index is 280. The molecule has 0 rings (SSSR count). The SMILES string of the molecule is [2H]/C(=[CH]\[Sn]([CH2]CCC)([CH2]CCC)[CH2]CCC)C(OCC)OCC. The fourth-order valence-corrected chi connectivity index (χ4v) is 16.7. The van der Waals surface area contributed by atoms with Gasteiger partial charge in [-0.2, -0.15) is 0 Å². The van der Waals surface area contributed by atoms with Crippen LogP contribution in [0.25, 0.3) is 0 Å². The Hall–Kier alpha value is 0.459. The van der Waals surface area contributed by atoms with Crippen LogP contribution in [-0.2, 0) is 9.47 Å². The summed E-state index contributed by atoms with van der Waals surface area (Å²) < 4.78 is 26.4. The van der Waals surface area contributed by atoms with Crippen molar-refractivity contribution in [2.45, 2.75) is 92.7 Å². The van der Waals surface area contributed by atoms with Gasteiger partial charge >= 0.3 is 145 Å². The van der Waals surface area contributed by atoms with E-state index in [0.717, 1.165) is 0 Å². The van der Waals surface area contributed by atoms with E-state index in [1.807, 2.05) is 13.8 Å². The van der Waals surface area contributed by atoms with Crippen LogP contribution < -0.4 is 0 Å². The first-order valence-electron chi connectivity index (χ1n) is 10.0. The summed E-state index contributed by atoms with van der Waals surface area (Å²) in [7, 11) is 0. The summed E-state index contributed by atoms with van der Waals surface area (Å²) in [5.74, 6) is 0. The van der Waals surface area contributed by atoms with Gasteiger partial charge in [0.1, 0.15) is 0 Å². The molecule has 3 heteroatoms. The van der Waals surface area contributed by atoms with Gasteiger partial charge in [-0.25, -0.2) is 0 Å². The molecule has 0 aromatic rings. The Kier molecular flexibility index (Phi) is 14.0. The maximum absolute atomic E-state index is 8.56. The number of ether oxygens (including phenoxy) is 2. The van der Waals surface area contributed by atoms with Crippen molar-refractivity contribution in [2.75, 3.05) is 13.2 Å². The van der Waals surface area contributed by atoms with Crippen molar-refractivity contribution in [3.63, 3.8) is 0 Å². The van der Waals surface area contributed by atoms with Crippen molar-refractivity contribution in [2.24, 2.45) is 0 Å². The zero-order valence-corrected chi connectivity index (χ0v) is 18.6. The topological polar surface area (TPSA) is 18.5 Å². The van der Waals surface area contributed by atoms with Crippen LogP contribution in [0.3, 0.4) is 0 Å². The number of hydrogen-bond donors (Lipinski definition) is 0. The van der Waals surface area contributed by atoms with Crippen LogP contribution >= 0.6 is 0 Å². The minimum atomic E-state index is -2.42. The van der Waals surface area contributed by atoms with Crippen LogP contribution in [0.2, 0.25) is 13.3 Å². The summed E-state index contributed by atoms with van der Waals surface area (Å²) in [6.45, 7) is 12.0. The van der Waals surface area contributed by atoms with Crippen molar-refractivity contribution in [1.29, 1.82) is 0 Å². The summed E-state index contributed by atoms with van der Waals surface area (Å²) in [5.41, 5.74) is 0. The molecule has 0 atom stereocenters. The molecular weight excluding hydrogens is 379 g/mol. The van der Waals surface area contributed by atoms with Crippen molar-refractivity contribution in [3.8, 4) is 0 Å². The standard InChI is InChI=1S/C7H13O2.3C4H9.Sn/c1-4-7(8-5-2)9-6-3;3*1-3-4-2;/h1,4,7H,5-6H2,2-3H3;3*1,3-4H2,2H3;/i4D;;;;. The first-order valence-corrected chi connectivity index (χ1v) is 17.2. The molecule has 0 unspecified atom stereocenters. The quantitative estimate of drug-likeness (QED) is 0.228. The molecule has 0 amide bonds. The molecule has 0 spiro atoms. The Labute approximate surface area is 145 Å². The number of unbranched alkanes of at least 4 members (excludes halogenated alkanes) is 3. The van der Waals surface area contributed by atoms with Gasteiger partial charge in [-0.1, -0.05) is 0 Å². The van der Waals surface area contributed by atoms with E-state index >= 15 is 0 Å². The van der Waals surface area contributed by atoms with Crippen LogP contribution in [0.4, 0.5) is 0 Å². The Morgan fingerprint density at radius 3 is 1.55 bits per heavy atom. The minimum absolute atomic E-state index is 0.453. The van der Waals surface area contributed by atoms with Crippen LogP contribution in [0.15, 0.2) is 10.1 Å².